The molecule has 3 atom stereocenters. The first-order valence-electron chi connectivity index (χ1n) is 6.53. The molecule has 2 bridgehead atoms. The van der Waals surface area contributed by atoms with Gasteiger partial charge >= 0.3 is 5.97 Å². The van der Waals surface area contributed by atoms with Crippen molar-refractivity contribution in [2.24, 2.45) is 17.8 Å². The number of rotatable bonds is 4. The first-order chi connectivity index (χ1) is 9.15. The molecular weight excluding hydrogens is 246 g/mol. The van der Waals surface area contributed by atoms with E-state index in [1.54, 1.807) is 0 Å². The molecule has 5 nitrogen and oxygen atoms in total. The molecule has 0 radical (unpaired) electrons. The summed E-state index contributed by atoms with van der Waals surface area (Å²) in [6.07, 6.45) is 8.63. The van der Waals surface area contributed by atoms with Crippen LogP contribution in [0.1, 0.15) is 12.8 Å². The Bertz CT molecular complexity index is 476. The summed E-state index contributed by atoms with van der Waals surface area (Å²) in [5.41, 5.74) is 0. The molecule has 2 amide bonds. The predicted molar refractivity (Wildman–Crippen MR) is 65.7 cm³/mol. The third-order valence-corrected chi connectivity index (χ3v) is 4.04. The number of esters is 1. The highest BCUT2D eigenvalue weighted by molar-refractivity contribution is 6.12. The van der Waals surface area contributed by atoms with Gasteiger partial charge in [0.25, 0.3) is 11.8 Å². The minimum Gasteiger partial charge on any atom is -0.464 e. The first kappa shape index (κ1) is 12.1. The smallest absolute Gasteiger partial charge is 0.309 e. The van der Waals surface area contributed by atoms with Crippen LogP contribution in [0.25, 0.3) is 0 Å². The van der Waals surface area contributed by atoms with E-state index in [2.05, 4.69) is 12.2 Å². The van der Waals surface area contributed by atoms with Gasteiger partial charge in [-0.1, -0.05) is 12.2 Å². The number of amides is 2. The SMILES string of the molecule is O=C(OCCN1C(=O)C=CC1=O)C1CC2C=CC1C2. The van der Waals surface area contributed by atoms with Crippen molar-refractivity contribution in [1.82, 2.24) is 4.90 Å². The van der Waals surface area contributed by atoms with Crippen molar-refractivity contribution in [1.29, 1.82) is 0 Å². The number of imide groups is 1. The van der Waals surface area contributed by atoms with Crippen LogP contribution in [0.5, 0.6) is 0 Å². The number of nitrogens with zero attached hydrogens (tertiary/aromatic N) is 1. The molecule has 1 fully saturated rings. The summed E-state index contributed by atoms with van der Waals surface area (Å²) < 4.78 is 5.19. The largest absolute Gasteiger partial charge is 0.464 e. The number of hydrogen-bond acceptors (Lipinski definition) is 4. The number of allylic oxidation sites excluding steroid dienone is 2. The maximum atomic E-state index is 11.9. The quantitative estimate of drug-likeness (QED) is 0.424. The highest BCUT2D eigenvalue weighted by atomic mass is 16.5. The lowest BCUT2D eigenvalue weighted by atomic mass is 9.94. The number of carbonyl (C=O) groups is 3. The summed E-state index contributed by atoms with van der Waals surface area (Å²) in [6.45, 7) is 0.211. The molecule has 0 aromatic carbocycles. The second kappa shape index (κ2) is 4.64. The Hall–Kier alpha value is -1.91. The van der Waals surface area contributed by atoms with Crippen molar-refractivity contribution < 1.29 is 19.1 Å². The fourth-order valence-corrected chi connectivity index (χ4v) is 3.05. The van der Waals surface area contributed by atoms with Gasteiger partial charge in [0, 0.05) is 12.2 Å². The molecule has 1 aliphatic heterocycles. The molecule has 2 aliphatic carbocycles. The van der Waals surface area contributed by atoms with Gasteiger partial charge in [-0.25, -0.2) is 0 Å². The van der Waals surface area contributed by atoms with E-state index in [1.807, 2.05) is 0 Å². The van der Waals surface area contributed by atoms with Gasteiger partial charge in [0.1, 0.15) is 6.61 Å². The summed E-state index contributed by atoms with van der Waals surface area (Å²) in [5, 5.41) is 0. The van der Waals surface area contributed by atoms with Crippen LogP contribution in [0.15, 0.2) is 24.3 Å². The van der Waals surface area contributed by atoms with Crippen LogP contribution in [0, 0.1) is 17.8 Å². The molecule has 0 saturated heterocycles. The number of carbonyl (C=O) groups excluding carboxylic acids is 3. The minimum atomic E-state index is -0.344. The van der Waals surface area contributed by atoms with Crippen molar-refractivity contribution in [3.05, 3.63) is 24.3 Å². The van der Waals surface area contributed by atoms with Gasteiger partial charge < -0.3 is 4.74 Å². The summed E-state index contributed by atoms with van der Waals surface area (Å²) >= 11 is 0. The van der Waals surface area contributed by atoms with Crippen molar-refractivity contribution in [3.63, 3.8) is 0 Å². The lowest BCUT2D eigenvalue weighted by Gasteiger charge is -2.18. The molecule has 3 unspecified atom stereocenters. The van der Waals surface area contributed by atoms with E-state index in [0.717, 1.165) is 17.7 Å². The highest BCUT2D eigenvalue weighted by Crippen LogP contribution is 2.43. The summed E-state index contributed by atoms with van der Waals surface area (Å²) in [7, 11) is 0. The molecule has 1 heterocycles. The fraction of sp³-hybridized carbons (Fsp3) is 0.500. The number of fused-ring (bicyclic) bond motifs is 2. The van der Waals surface area contributed by atoms with Crippen LogP contribution in [0.2, 0.25) is 0 Å². The Morgan fingerprint density at radius 2 is 1.95 bits per heavy atom. The summed E-state index contributed by atoms with van der Waals surface area (Å²) in [5.74, 6) is -0.0995. The van der Waals surface area contributed by atoms with Crippen LogP contribution in [-0.4, -0.2) is 35.8 Å². The summed E-state index contributed by atoms with van der Waals surface area (Å²) in [4.78, 5) is 35.6. The Kier molecular flexibility index (Phi) is 2.97. The van der Waals surface area contributed by atoms with Crippen molar-refractivity contribution in [2.75, 3.05) is 13.2 Å². The summed E-state index contributed by atoms with van der Waals surface area (Å²) in [6, 6.07) is 0. The Labute approximate surface area is 110 Å². The normalized spacial score (nSPS) is 31.6. The molecule has 5 heteroatoms. The van der Waals surface area contributed by atoms with Gasteiger partial charge in [0.05, 0.1) is 12.5 Å². The minimum absolute atomic E-state index is 0.0434. The van der Waals surface area contributed by atoms with E-state index in [4.69, 9.17) is 4.74 Å². The van der Waals surface area contributed by atoms with Crippen LogP contribution >= 0.6 is 0 Å². The van der Waals surface area contributed by atoms with Crippen LogP contribution < -0.4 is 0 Å². The van der Waals surface area contributed by atoms with E-state index >= 15 is 0 Å². The Morgan fingerprint density at radius 3 is 2.53 bits per heavy atom. The molecule has 3 aliphatic rings. The van der Waals surface area contributed by atoms with Crippen LogP contribution in [0.3, 0.4) is 0 Å². The molecule has 0 aromatic rings. The van der Waals surface area contributed by atoms with E-state index in [1.165, 1.54) is 12.2 Å². The third-order valence-electron chi connectivity index (χ3n) is 4.04. The first-order valence-corrected chi connectivity index (χ1v) is 6.53. The second-order valence-corrected chi connectivity index (χ2v) is 5.22. The van der Waals surface area contributed by atoms with Crippen molar-refractivity contribution in [3.8, 4) is 0 Å². The zero-order valence-corrected chi connectivity index (χ0v) is 10.5. The molecule has 3 rings (SSSR count). The van der Waals surface area contributed by atoms with Gasteiger partial charge in [-0.15, -0.1) is 0 Å². The Balaban J connectivity index is 1.46. The van der Waals surface area contributed by atoms with E-state index < -0.39 is 0 Å². The Morgan fingerprint density at radius 1 is 1.21 bits per heavy atom. The maximum absolute atomic E-state index is 11.9. The number of hydrogen-bond donors (Lipinski definition) is 0. The predicted octanol–water partition coefficient (Wildman–Crippen LogP) is 0.667. The van der Waals surface area contributed by atoms with Gasteiger partial charge in [-0.05, 0) is 24.7 Å². The molecule has 100 valence electrons. The average Bonchev–Trinajstić information content (AvgIpc) is 3.09. The number of ether oxygens (including phenoxy) is 1. The monoisotopic (exact) mass is 261 g/mol. The molecule has 1 saturated carbocycles. The lowest BCUT2D eigenvalue weighted by Crippen LogP contribution is -2.34. The van der Waals surface area contributed by atoms with E-state index in [9.17, 15) is 14.4 Å². The van der Waals surface area contributed by atoms with Crippen LogP contribution in [-0.2, 0) is 19.1 Å². The maximum Gasteiger partial charge on any atom is 0.309 e. The van der Waals surface area contributed by atoms with Gasteiger partial charge in [-0.3, -0.25) is 19.3 Å². The van der Waals surface area contributed by atoms with Gasteiger partial charge in [0.15, 0.2) is 0 Å². The standard InChI is InChI=1S/C14H15NO4/c16-12-3-4-13(17)15(12)5-6-19-14(18)11-8-9-1-2-10(11)7-9/h1-4,9-11H,5-8H2. The van der Waals surface area contributed by atoms with Crippen LogP contribution in [0.4, 0.5) is 0 Å². The topological polar surface area (TPSA) is 63.7 Å². The van der Waals surface area contributed by atoms with Gasteiger partial charge in [0.2, 0.25) is 0 Å². The second-order valence-electron chi connectivity index (χ2n) is 5.22. The molecule has 0 aromatic heterocycles. The lowest BCUT2D eigenvalue weighted by molar-refractivity contribution is -0.152. The zero-order valence-electron chi connectivity index (χ0n) is 10.5. The third kappa shape index (κ3) is 2.20. The van der Waals surface area contributed by atoms with E-state index in [0.29, 0.717) is 11.8 Å². The molecular formula is C14H15NO4. The molecule has 0 spiro atoms. The highest BCUT2D eigenvalue weighted by Gasteiger charge is 2.40. The average molecular weight is 261 g/mol. The van der Waals surface area contributed by atoms with E-state index in [-0.39, 0.29) is 36.9 Å². The zero-order chi connectivity index (χ0) is 13.4. The van der Waals surface area contributed by atoms with Gasteiger partial charge in [-0.2, -0.15) is 0 Å². The van der Waals surface area contributed by atoms with Crippen molar-refractivity contribution >= 4 is 17.8 Å². The molecule has 0 N–H and O–H groups in total. The van der Waals surface area contributed by atoms with Crippen molar-refractivity contribution in [2.45, 2.75) is 12.8 Å². The molecule has 19 heavy (non-hydrogen) atoms. The fourth-order valence-electron chi connectivity index (χ4n) is 3.05.